The average Bonchev–Trinajstić information content (AvgIpc) is 2.30. The highest BCUT2D eigenvalue weighted by Gasteiger charge is 1.97. The zero-order valence-electron chi connectivity index (χ0n) is 9.27. The molecule has 82 valence electrons. The van der Waals surface area contributed by atoms with Crippen molar-refractivity contribution in [1.29, 1.82) is 0 Å². The molecule has 0 unspecified atom stereocenters. The summed E-state index contributed by atoms with van der Waals surface area (Å²) in [6.45, 7) is 2.69. The Labute approximate surface area is 95.3 Å². The molecule has 0 saturated carbocycles. The van der Waals surface area contributed by atoms with E-state index in [1.165, 1.54) is 0 Å². The van der Waals surface area contributed by atoms with E-state index in [0.29, 0.717) is 0 Å². The third kappa shape index (κ3) is 2.51. The van der Waals surface area contributed by atoms with Crippen molar-refractivity contribution in [1.82, 2.24) is 4.98 Å². The van der Waals surface area contributed by atoms with Gasteiger partial charge in [-0.1, -0.05) is 18.2 Å². The summed E-state index contributed by atoms with van der Waals surface area (Å²) in [4.78, 5) is 4.22. The van der Waals surface area contributed by atoms with Crippen molar-refractivity contribution in [2.24, 2.45) is 0 Å². The number of hydrogen-bond donors (Lipinski definition) is 2. The lowest BCUT2D eigenvalue weighted by Gasteiger charge is -2.08. The van der Waals surface area contributed by atoms with Crippen LogP contribution in [0.15, 0.2) is 42.6 Å². The van der Waals surface area contributed by atoms with Gasteiger partial charge in [0.05, 0.1) is 11.9 Å². The molecule has 0 saturated heterocycles. The Kier molecular flexibility index (Phi) is 3.05. The first-order valence-corrected chi connectivity index (χ1v) is 5.25. The molecule has 0 bridgehead atoms. The molecule has 1 heterocycles. The second kappa shape index (κ2) is 4.66. The summed E-state index contributed by atoms with van der Waals surface area (Å²) in [7, 11) is 0. The summed E-state index contributed by atoms with van der Waals surface area (Å²) in [5, 5.41) is 3.29. The van der Waals surface area contributed by atoms with E-state index < -0.39 is 0 Å². The zero-order valence-corrected chi connectivity index (χ0v) is 9.27. The SMILES string of the molecule is Cc1ccc(NCc2ccccc2N)cn1. The largest absolute Gasteiger partial charge is 0.398 e. The van der Waals surface area contributed by atoms with Gasteiger partial charge >= 0.3 is 0 Å². The number of aryl methyl sites for hydroxylation is 1. The Morgan fingerprint density at radius 1 is 1.19 bits per heavy atom. The van der Waals surface area contributed by atoms with E-state index in [1.54, 1.807) is 0 Å². The van der Waals surface area contributed by atoms with Crippen LogP contribution in [0.5, 0.6) is 0 Å². The van der Waals surface area contributed by atoms with E-state index in [2.05, 4.69) is 10.3 Å². The second-order valence-corrected chi connectivity index (χ2v) is 3.74. The van der Waals surface area contributed by atoms with E-state index in [-0.39, 0.29) is 0 Å². The highest BCUT2D eigenvalue weighted by molar-refractivity contribution is 5.49. The number of aromatic nitrogens is 1. The Balaban J connectivity index is 2.02. The molecule has 1 aromatic heterocycles. The standard InChI is InChI=1S/C13H15N3/c1-10-6-7-12(9-15-10)16-8-11-4-2-3-5-13(11)14/h2-7,9,16H,8,14H2,1H3. The van der Waals surface area contributed by atoms with Gasteiger partial charge in [-0.2, -0.15) is 0 Å². The van der Waals surface area contributed by atoms with Crippen LogP contribution in [-0.2, 0) is 6.54 Å². The predicted octanol–water partition coefficient (Wildman–Crippen LogP) is 2.58. The van der Waals surface area contributed by atoms with Crippen LogP contribution in [0.2, 0.25) is 0 Å². The van der Waals surface area contributed by atoms with Gasteiger partial charge < -0.3 is 11.1 Å². The molecule has 0 spiro atoms. The van der Waals surface area contributed by atoms with E-state index in [9.17, 15) is 0 Å². The maximum atomic E-state index is 5.85. The van der Waals surface area contributed by atoms with Crippen LogP contribution in [-0.4, -0.2) is 4.98 Å². The molecule has 0 fully saturated rings. The van der Waals surface area contributed by atoms with Crippen LogP contribution in [0.1, 0.15) is 11.3 Å². The van der Waals surface area contributed by atoms with Gasteiger partial charge in [0, 0.05) is 17.9 Å². The van der Waals surface area contributed by atoms with E-state index >= 15 is 0 Å². The van der Waals surface area contributed by atoms with Crippen molar-refractivity contribution in [3.05, 3.63) is 53.9 Å². The van der Waals surface area contributed by atoms with Crippen LogP contribution >= 0.6 is 0 Å². The molecule has 0 atom stereocenters. The number of nitrogen functional groups attached to an aromatic ring is 1. The van der Waals surface area contributed by atoms with Crippen LogP contribution in [0.25, 0.3) is 0 Å². The lowest BCUT2D eigenvalue weighted by atomic mass is 10.2. The smallest absolute Gasteiger partial charge is 0.0529 e. The monoisotopic (exact) mass is 213 g/mol. The van der Waals surface area contributed by atoms with Gasteiger partial charge in [-0.3, -0.25) is 4.98 Å². The van der Waals surface area contributed by atoms with Crippen molar-refractivity contribution in [2.75, 3.05) is 11.1 Å². The Hall–Kier alpha value is -2.03. The molecular weight excluding hydrogens is 198 g/mol. The van der Waals surface area contributed by atoms with Crippen molar-refractivity contribution in [2.45, 2.75) is 13.5 Å². The molecule has 3 heteroatoms. The number of rotatable bonds is 3. The second-order valence-electron chi connectivity index (χ2n) is 3.74. The molecule has 0 radical (unpaired) electrons. The van der Waals surface area contributed by atoms with Crippen molar-refractivity contribution < 1.29 is 0 Å². The maximum absolute atomic E-state index is 5.85. The fourth-order valence-electron chi connectivity index (χ4n) is 1.46. The predicted molar refractivity (Wildman–Crippen MR) is 67.2 cm³/mol. The van der Waals surface area contributed by atoms with Gasteiger partial charge in [-0.25, -0.2) is 0 Å². The van der Waals surface area contributed by atoms with E-state index in [4.69, 9.17) is 5.73 Å². The van der Waals surface area contributed by atoms with Crippen LogP contribution in [0.4, 0.5) is 11.4 Å². The van der Waals surface area contributed by atoms with Crippen LogP contribution in [0, 0.1) is 6.92 Å². The van der Waals surface area contributed by atoms with Crippen LogP contribution < -0.4 is 11.1 Å². The summed E-state index contributed by atoms with van der Waals surface area (Å²) in [6, 6.07) is 11.8. The summed E-state index contributed by atoms with van der Waals surface area (Å²) < 4.78 is 0. The summed E-state index contributed by atoms with van der Waals surface area (Å²) in [5.41, 5.74) is 9.79. The topological polar surface area (TPSA) is 50.9 Å². The maximum Gasteiger partial charge on any atom is 0.0529 e. The van der Waals surface area contributed by atoms with Gasteiger partial charge in [0.25, 0.3) is 0 Å². The normalized spacial score (nSPS) is 10.1. The molecule has 3 N–H and O–H groups in total. The van der Waals surface area contributed by atoms with Gasteiger partial charge in [-0.15, -0.1) is 0 Å². The summed E-state index contributed by atoms with van der Waals surface area (Å²) >= 11 is 0. The van der Waals surface area contributed by atoms with Crippen LogP contribution in [0.3, 0.4) is 0 Å². The molecule has 3 nitrogen and oxygen atoms in total. The van der Waals surface area contributed by atoms with E-state index in [1.807, 2.05) is 49.5 Å². The molecule has 0 aliphatic rings. The van der Waals surface area contributed by atoms with Crippen molar-refractivity contribution in [3.63, 3.8) is 0 Å². The minimum Gasteiger partial charge on any atom is -0.398 e. The van der Waals surface area contributed by atoms with Gasteiger partial charge in [0.15, 0.2) is 0 Å². The quantitative estimate of drug-likeness (QED) is 0.770. The Morgan fingerprint density at radius 2 is 2.00 bits per heavy atom. The molecule has 1 aromatic carbocycles. The first-order valence-electron chi connectivity index (χ1n) is 5.25. The third-order valence-electron chi connectivity index (χ3n) is 2.45. The number of hydrogen-bond acceptors (Lipinski definition) is 3. The minimum atomic E-state index is 0.720. The van der Waals surface area contributed by atoms with Gasteiger partial charge in [0.1, 0.15) is 0 Å². The minimum absolute atomic E-state index is 0.720. The fraction of sp³-hybridized carbons (Fsp3) is 0.154. The number of anilines is 2. The highest BCUT2D eigenvalue weighted by Crippen LogP contribution is 2.13. The molecule has 16 heavy (non-hydrogen) atoms. The number of nitrogens with zero attached hydrogens (tertiary/aromatic N) is 1. The molecule has 0 aliphatic carbocycles. The number of para-hydroxylation sites is 1. The lowest BCUT2D eigenvalue weighted by Crippen LogP contribution is -2.02. The van der Waals surface area contributed by atoms with Gasteiger partial charge in [0.2, 0.25) is 0 Å². The first-order chi connectivity index (χ1) is 7.75. The number of benzene rings is 1. The summed E-state index contributed by atoms with van der Waals surface area (Å²) in [5.74, 6) is 0. The Morgan fingerprint density at radius 3 is 2.69 bits per heavy atom. The molecule has 2 aromatic rings. The summed E-state index contributed by atoms with van der Waals surface area (Å²) in [6.07, 6.45) is 1.83. The Bertz CT molecular complexity index is 463. The zero-order chi connectivity index (χ0) is 11.4. The number of pyridine rings is 1. The van der Waals surface area contributed by atoms with E-state index in [0.717, 1.165) is 29.2 Å². The third-order valence-corrected chi connectivity index (χ3v) is 2.45. The highest BCUT2D eigenvalue weighted by atomic mass is 14.9. The molecule has 2 rings (SSSR count). The number of nitrogens with two attached hydrogens (primary N) is 1. The fourth-order valence-corrected chi connectivity index (χ4v) is 1.46. The molecule has 0 amide bonds. The van der Waals surface area contributed by atoms with Gasteiger partial charge in [-0.05, 0) is 30.7 Å². The lowest BCUT2D eigenvalue weighted by molar-refractivity contribution is 1.12. The average molecular weight is 213 g/mol. The molecular formula is C13H15N3. The van der Waals surface area contributed by atoms with Crippen molar-refractivity contribution in [3.8, 4) is 0 Å². The number of nitrogens with one attached hydrogen (secondary N) is 1. The van der Waals surface area contributed by atoms with Crippen molar-refractivity contribution >= 4 is 11.4 Å². The first kappa shape index (κ1) is 10.5. The molecule has 0 aliphatic heterocycles.